The van der Waals surface area contributed by atoms with Gasteiger partial charge < -0.3 is 29.5 Å². The number of nitrogens with zero attached hydrogens (tertiary/aromatic N) is 8. The van der Waals surface area contributed by atoms with E-state index in [0.717, 1.165) is 12.1 Å². The lowest BCUT2D eigenvalue weighted by Gasteiger charge is -2.45. The van der Waals surface area contributed by atoms with Crippen LogP contribution in [0.2, 0.25) is 0 Å². The van der Waals surface area contributed by atoms with E-state index in [0.29, 0.717) is 11.3 Å². The van der Waals surface area contributed by atoms with Gasteiger partial charge in [-0.2, -0.15) is 0 Å². The summed E-state index contributed by atoms with van der Waals surface area (Å²) in [6, 6.07) is -0.0183. The fourth-order valence-electron chi connectivity index (χ4n) is 5.26. The molecule has 0 amide bonds. The topological polar surface area (TPSA) is 176 Å². The van der Waals surface area contributed by atoms with Crippen molar-refractivity contribution in [2.24, 2.45) is 0 Å². The van der Waals surface area contributed by atoms with Crippen molar-refractivity contribution in [3.05, 3.63) is 60.7 Å². The molecule has 0 bridgehead atoms. The molecule has 2 aliphatic heterocycles. The van der Waals surface area contributed by atoms with Gasteiger partial charge in [0.15, 0.2) is 17.5 Å². The number of thioether (sulfide) groups is 1. The summed E-state index contributed by atoms with van der Waals surface area (Å²) in [7, 11) is 1.39. The summed E-state index contributed by atoms with van der Waals surface area (Å²) in [4.78, 5) is 7.96. The molecule has 0 aliphatic carbocycles. The van der Waals surface area contributed by atoms with Crippen LogP contribution in [-0.2, 0) is 14.2 Å². The Morgan fingerprint density at radius 1 is 0.955 bits per heavy atom. The Balaban J connectivity index is 1.23. The molecular formula is C26H27F3N8O6S. The molecule has 234 valence electrons. The summed E-state index contributed by atoms with van der Waals surface area (Å²) in [6.45, 7) is -0.240. The van der Waals surface area contributed by atoms with E-state index < -0.39 is 71.2 Å². The minimum atomic E-state index is -1.61. The summed E-state index contributed by atoms with van der Waals surface area (Å²) in [5.41, 5.74) is 0.254. The van der Waals surface area contributed by atoms with Crippen LogP contribution < -0.4 is 0 Å². The zero-order chi connectivity index (χ0) is 31.0. The quantitative estimate of drug-likeness (QED) is 0.232. The number of benzene rings is 1. The van der Waals surface area contributed by atoms with E-state index in [9.17, 15) is 28.5 Å². The lowest BCUT2D eigenvalue weighted by molar-refractivity contribution is -0.186. The van der Waals surface area contributed by atoms with Crippen LogP contribution in [0.5, 0.6) is 0 Å². The number of ether oxygens (including phenoxy) is 3. The number of hydrogen-bond acceptors (Lipinski definition) is 13. The Kier molecular flexibility index (Phi) is 8.90. The molecular weight excluding hydrogens is 609 g/mol. The Morgan fingerprint density at radius 2 is 1.61 bits per heavy atom. The monoisotopic (exact) mass is 636 g/mol. The standard InChI is InChI=1S/C26H27F3N8O6S/c1-41-25-22(37-7-16(32-35-37)12-2-14(27)21(29)15(28)3-12)24(40)19(8-38)43-26(25)44-20-10-42-9-18(23(20)39)36-6-17(33-34-36)13-4-30-11-31-5-13/h2-7,11,18-20,22-26,38-40H,8-10H2,1H3. The van der Waals surface area contributed by atoms with Crippen LogP contribution in [0.4, 0.5) is 13.2 Å². The number of aromatic nitrogens is 8. The van der Waals surface area contributed by atoms with Gasteiger partial charge >= 0.3 is 0 Å². The number of rotatable bonds is 8. The number of halogens is 3. The van der Waals surface area contributed by atoms with Gasteiger partial charge in [-0.15, -0.1) is 22.0 Å². The lowest BCUT2D eigenvalue weighted by atomic mass is 9.97. The van der Waals surface area contributed by atoms with Crippen LogP contribution in [-0.4, -0.2) is 117 Å². The van der Waals surface area contributed by atoms with Gasteiger partial charge in [-0.3, -0.25) is 0 Å². The van der Waals surface area contributed by atoms with E-state index in [-0.39, 0.29) is 24.5 Å². The van der Waals surface area contributed by atoms with E-state index in [1.54, 1.807) is 18.6 Å². The molecule has 6 rings (SSSR count). The number of methoxy groups -OCH3 is 1. The largest absolute Gasteiger partial charge is 0.394 e. The molecule has 18 heteroatoms. The predicted molar refractivity (Wildman–Crippen MR) is 145 cm³/mol. The molecule has 4 aromatic rings. The zero-order valence-electron chi connectivity index (χ0n) is 23.0. The SMILES string of the molecule is COC1C(SC2COCC(n3cc(-c4cncnc4)nn3)C2O)OC(CO)C(O)C1n1cc(-c2cc(F)c(F)c(F)c2)nn1. The highest BCUT2D eigenvalue weighted by molar-refractivity contribution is 8.00. The second-order valence-electron chi connectivity index (χ2n) is 10.2. The lowest BCUT2D eigenvalue weighted by Crippen LogP contribution is -2.56. The van der Waals surface area contributed by atoms with Gasteiger partial charge in [0, 0.05) is 30.6 Å². The molecule has 2 aliphatic rings. The molecule has 2 fully saturated rings. The number of hydrogen-bond donors (Lipinski definition) is 3. The van der Waals surface area contributed by atoms with E-state index in [1.165, 1.54) is 40.8 Å². The van der Waals surface area contributed by atoms with E-state index in [4.69, 9.17) is 14.2 Å². The first-order valence-corrected chi connectivity index (χ1v) is 14.4. The van der Waals surface area contributed by atoms with Crippen LogP contribution in [0.1, 0.15) is 12.1 Å². The predicted octanol–water partition coefficient (Wildman–Crippen LogP) is 0.779. The van der Waals surface area contributed by atoms with Gasteiger partial charge in [0.2, 0.25) is 0 Å². The molecule has 3 aromatic heterocycles. The second kappa shape index (κ2) is 12.8. The van der Waals surface area contributed by atoms with Crippen molar-refractivity contribution in [3.63, 3.8) is 0 Å². The molecule has 0 radical (unpaired) electrons. The molecule has 3 N–H and O–H groups in total. The normalized spacial score (nSPS) is 29.2. The highest BCUT2D eigenvalue weighted by atomic mass is 32.2. The Bertz CT molecular complexity index is 1560. The van der Waals surface area contributed by atoms with Crippen molar-refractivity contribution in [2.75, 3.05) is 26.9 Å². The van der Waals surface area contributed by atoms with Crippen molar-refractivity contribution in [1.29, 1.82) is 0 Å². The van der Waals surface area contributed by atoms with Crippen molar-refractivity contribution < 1.29 is 42.7 Å². The molecule has 44 heavy (non-hydrogen) atoms. The fourth-order valence-corrected chi connectivity index (χ4v) is 6.75. The molecule has 14 nitrogen and oxygen atoms in total. The van der Waals surface area contributed by atoms with Crippen LogP contribution in [0.3, 0.4) is 0 Å². The molecule has 0 spiro atoms. The minimum absolute atomic E-state index is 0.00862. The molecule has 8 atom stereocenters. The van der Waals surface area contributed by atoms with Crippen LogP contribution in [0.25, 0.3) is 22.5 Å². The average molecular weight is 637 g/mol. The third-order valence-electron chi connectivity index (χ3n) is 7.55. The maximum Gasteiger partial charge on any atom is 0.194 e. The number of aliphatic hydroxyl groups is 3. The van der Waals surface area contributed by atoms with Gasteiger partial charge in [0.1, 0.15) is 53.5 Å². The van der Waals surface area contributed by atoms with Crippen molar-refractivity contribution in [2.45, 2.75) is 47.2 Å². The van der Waals surface area contributed by atoms with Crippen molar-refractivity contribution >= 4 is 11.8 Å². The smallest absolute Gasteiger partial charge is 0.194 e. The summed E-state index contributed by atoms with van der Waals surface area (Å²) in [5.74, 6) is -4.40. The van der Waals surface area contributed by atoms with Gasteiger partial charge in [0.05, 0.1) is 43.6 Å². The highest BCUT2D eigenvalue weighted by Gasteiger charge is 2.49. The number of aliphatic hydroxyl groups excluding tert-OH is 3. The minimum Gasteiger partial charge on any atom is -0.394 e. The van der Waals surface area contributed by atoms with Crippen LogP contribution in [0.15, 0.2) is 43.2 Å². The van der Waals surface area contributed by atoms with Gasteiger partial charge in [-0.05, 0) is 12.1 Å². The Morgan fingerprint density at radius 3 is 2.30 bits per heavy atom. The fraction of sp³-hybridized carbons (Fsp3) is 0.462. The molecule has 0 saturated carbocycles. The maximum atomic E-state index is 13.9. The van der Waals surface area contributed by atoms with Crippen LogP contribution in [0, 0.1) is 17.5 Å². The molecule has 8 unspecified atom stereocenters. The summed E-state index contributed by atoms with van der Waals surface area (Å²) >= 11 is 1.18. The third kappa shape index (κ3) is 5.81. The Labute approximate surface area is 251 Å². The van der Waals surface area contributed by atoms with Crippen molar-refractivity contribution in [3.8, 4) is 22.5 Å². The first kappa shape index (κ1) is 30.5. The second-order valence-corrected chi connectivity index (χ2v) is 11.6. The van der Waals surface area contributed by atoms with Gasteiger partial charge in [0.25, 0.3) is 0 Å². The summed E-state index contributed by atoms with van der Waals surface area (Å²) < 4.78 is 61.5. The van der Waals surface area contributed by atoms with Crippen molar-refractivity contribution in [1.82, 2.24) is 40.0 Å². The van der Waals surface area contributed by atoms with E-state index >= 15 is 0 Å². The van der Waals surface area contributed by atoms with E-state index in [1.807, 2.05) is 0 Å². The summed E-state index contributed by atoms with van der Waals surface area (Å²) in [5, 5.41) is 48.2. The van der Waals surface area contributed by atoms with Gasteiger partial charge in [-0.1, -0.05) is 10.4 Å². The molecule has 2 saturated heterocycles. The molecule has 1 aromatic carbocycles. The Hall–Kier alpha value is -3.52. The zero-order valence-corrected chi connectivity index (χ0v) is 23.8. The van der Waals surface area contributed by atoms with E-state index in [2.05, 4.69) is 30.6 Å². The third-order valence-corrected chi connectivity index (χ3v) is 8.97. The molecule has 5 heterocycles. The van der Waals surface area contributed by atoms with Gasteiger partial charge in [-0.25, -0.2) is 32.5 Å². The first-order valence-electron chi connectivity index (χ1n) is 13.4. The maximum absolute atomic E-state index is 13.9. The average Bonchev–Trinajstić information content (AvgIpc) is 3.72. The summed E-state index contributed by atoms with van der Waals surface area (Å²) in [6.07, 6.45) is 3.26. The van der Waals surface area contributed by atoms with Crippen LogP contribution >= 0.6 is 11.8 Å². The first-order chi connectivity index (χ1) is 21.3. The highest BCUT2D eigenvalue weighted by Crippen LogP contribution is 2.41.